The van der Waals surface area contributed by atoms with Crippen LogP contribution in [-0.4, -0.2) is 33.8 Å². The highest BCUT2D eigenvalue weighted by molar-refractivity contribution is 7.98. The summed E-state index contributed by atoms with van der Waals surface area (Å²) in [5.41, 5.74) is 2.26. The molecule has 1 aliphatic rings. The van der Waals surface area contributed by atoms with Gasteiger partial charge in [0.2, 0.25) is 0 Å². The molecule has 158 valence electrons. The lowest BCUT2D eigenvalue weighted by atomic mass is 10.0. The fraction of sp³-hybridized carbons (Fsp3) is 0.348. The second kappa shape index (κ2) is 9.96. The lowest BCUT2D eigenvalue weighted by Crippen LogP contribution is -2.37. The van der Waals surface area contributed by atoms with Gasteiger partial charge in [-0.05, 0) is 41.8 Å². The fourth-order valence-corrected chi connectivity index (χ4v) is 4.74. The summed E-state index contributed by atoms with van der Waals surface area (Å²) in [4.78, 5) is 4.13. The normalized spacial score (nSPS) is 21.2. The van der Waals surface area contributed by atoms with Crippen molar-refractivity contribution >= 4 is 23.4 Å². The molecule has 1 fully saturated rings. The number of nitrogens with zero attached hydrogens (tertiary/aromatic N) is 2. The highest BCUT2D eigenvalue weighted by Gasteiger charge is 2.41. The molecular formula is C23H24ClFN2O2S. The minimum absolute atomic E-state index is 0.0194. The van der Waals surface area contributed by atoms with E-state index in [1.807, 2.05) is 52.9 Å². The summed E-state index contributed by atoms with van der Waals surface area (Å²) in [6.45, 7) is 1.13. The molecule has 30 heavy (non-hydrogen) atoms. The van der Waals surface area contributed by atoms with Crippen LogP contribution in [0.5, 0.6) is 0 Å². The first-order chi connectivity index (χ1) is 14.6. The Morgan fingerprint density at radius 3 is 2.83 bits per heavy atom. The molecule has 1 aromatic heterocycles. The number of rotatable bonds is 9. The van der Waals surface area contributed by atoms with E-state index in [9.17, 15) is 4.39 Å². The molecule has 1 saturated heterocycles. The molecule has 3 aromatic rings. The number of aromatic nitrogens is 2. The zero-order valence-electron chi connectivity index (χ0n) is 16.5. The monoisotopic (exact) mass is 446 g/mol. The first-order valence-corrected chi connectivity index (χ1v) is 11.5. The van der Waals surface area contributed by atoms with E-state index in [0.29, 0.717) is 19.6 Å². The Labute approximate surface area is 185 Å². The Morgan fingerprint density at radius 1 is 1.20 bits per heavy atom. The molecule has 1 aliphatic heterocycles. The molecule has 0 radical (unpaired) electrons. The molecule has 2 atom stereocenters. The third kappa shape index (κ3) is 5.85. The van der Waals surface area contributed by atoms with Gasteiger partial charge in [0.05, 0.1) is 25.6 Å². The van der Waals surface area contributed by atoms with Crippen molar-refractivity contribution in [2.75, 3.05) is 12.4 Å². The average molecular weight is 447 g/mol. The summed E-state index contributed by atoms with van der Waals surface area (Å²) in [5, 5.41) is 0.758. The zero-order chi connectivity index (χ0) is 20.8. The molecule has 0 saturated carbocycles. The van der Waals surface area contributed by atoms with Crippen molar-refractivity contribution in [3.8, 4) is 0 Å². The third-order valence-corrected chi connectivity index (χ3v) is 6.45. The SMILES string of the molecule is Fc1ccc(CCC2(Cn3ccnc3)OCC(CSCc3cccc(Cl)c3)O2)cc1. The number of benzene rings is 2. The lowest BCUT2D eigenvalue weighted by Gasteiger charge is -2.28. The first-order valence-electron chi connectivity index (χ1n) is 9.94. The van der Waals surface area contributed by atoms with E-state index in [1.54, 1.807) is 12.5 Å². The molecular weight excluding hydrogens is 423 g/mol. The van der Waals surface area contributed by atoms with Gasteiger partial charge in [0.15, 0.2) is 5.79 Å². The smallest absolute Gasteiger partial charge is 0.187 e. The minimum Gasteiger partial charge on any atom is -0.345 e. The standard InChI is InChI=1S/C23H24ClFN2O2S/c24-20-3-1-2-19(12-20)14-30-15-22-13-28-23(29-22,16-27-11-10-26-17-27)9-8-18-4-6-21(25)7-5-18/h1-7,10-12,17,22H,8-9,13-16H2. The second-order valence-corrected chi connectivity index (χ2v) is 8.93. The summed E-state index contributed by atoms with van der Waals surface area (Å²) >= 11 is 7.88. The molecule has 2 unspecified atom stereocenters. The van der Waals surface area contributed by atoms with E-state index in [1.165, 1.54) is 17.7 Å². The van der Waals surface area contributed by atoms with Crippen molar-refractivity contribution in [3.05, 3.63) is 89.2 Å². The van der Waals surface area contributed by atoms with E-state index in [-0.39, 0.29) is 11.9 Å². The average Bonchev–Trinajstić information content (AvgIpc) is 3.39. The van der Waals surface area contributed by atoms with Crippen LogP contribution in [0.3, 0.4) is 0 Å². The quantitative estimate of drug-likeness (QED) is 0.443. The van der Waals surface area contributed by atoms with E-state index in [4.69, 9.17) is 21.1 Å². The number of thioether (sulfide) groups is 1. The summed E-state index contributed by atoms with van der Waals surface area (Å²) in [5.74, 6) is 0.785. The number of hydrogen-bond donors (Lipinski definition) is 0. The summed E-state index contributed by atoms with van der Waals surface area (Å²) < 4.78 is 27.8. The maximum absolute atomic E-state index is 13.2. The topological polar surface area (TPSA) is 36.3 Å². The number of imidazole rings is 1. The van der Waals surface area contributed by atoms with Gasteiger partial charge in [-0.1, -0.05) is 35.9 Å². The molecule has 0 amide bonds. The van der Waals surface area contributed by atoms with Crippen LogP contribution in [0.2, 0.25) is 5.02 Å². The Morgan fingerprint density at radius 2 is 2.07 bits per heavy atom. The Hall–Kier alpha value is -1.86. The molecule has 7 heteroatoms. The molecule has 2 heterocycles. The Kier molecular flexibility index (Phi) is 7.10. The van der Waals surface area contributed by atoms with Gasteiger partial charge in [-0.3, -0.25) is 0 Å². The van der Waals surface area contributed by atoms with Gasteiger partial charge in [0, 0.05) is 35.3 Å². The number of ether oxygens (including phenoxy) is 2. The zero-order valence-corrected chi connectivity index (χ0v) is 18.1. The third-order valence-electron chi connectivity index (χ3n) is 5.07. The van der Waals surface area contributed by atoms with Crippen molar-refractivity contribution in [1.82, 2.24) is 9.55 Å². The lowest BCUT2D eigenvalue weighted by molar-refractivity contribution is -0.180. The van der Waals surface area contributed by atoms with Gasteiger partial charge in [-0.2, -0.15) is 11.8 Å². The van der Waals surface area contributed by atoms with Crippen molar-refractivity contribution in [2.45, 2.75) is 37.0 Å². The van der Waals surface area contributed by atoms with Crippen molar-refractivity contribution < 1.29 is 13.9 Å². The summed E-state index contributed by atoms with van der Waals surface area (Å²) in [7, 11) is 0. The molecule has 0 aliphatic carbocycles. The van der Waals surface area contributed by atoms with E-state index in [0.717, 1.165) is 28.5 Å². The van der Waals surface area contributed by atoms with Crippen LogP contribution in [0.1, 0.15) is 17.5 Å². The molecule has 4 nitrogen and oxygen atoms in total. The molecule has 0 spiro atoms. The van der Waals surface area contributed by atoms with Crippen LogP contribution in [-0.2, 0) is 28.2 Å². The van der Waals surface area contributed by atoms with Crippen LogP contribution < -0.4 is 0 Å². The van der Waals surface area contributed by atoms with Gasteiger partial charge in [-0.25, -0.2) is 9.37 Å². The van der Waals surface area contributed by atoms with Crippen molar-refractivity contribution in [3.63, 3.8) is 0 Å². The minimum atomic E-state index is -0.712. The molecule has 0 bridgehead atoms. The number of hydrogen-bond acceptors (Lipinski definition) is 4. The molecule has 0 N–H and O–H groups in total. The van der Waals surface area contributed by atoms with Crippen LogP contribution >= 0.6 is 23.4 Å². The molecule has 4 rings (SSSR count). The maximum atomic E-state index is 13.2. The summed E-state index contributed by atoms with van der Waals surface area (Å²) in [6, 6.07) is 14.5. The maximum Gasteiger partial charge on any atom is 0.187 e. The number of aryl methyl sites for hydroxylation is 1. The fourth-order valence-electron chi connectivity index (χ4n) is 3.57. The van der Waals surface area contributed by atoms with Gasteiger partial charge >= 0.3 is 0 Å². The van der Waals surface area contributed by atoms with Gasteiger partial charge in [0.1, 0.15) is 5.82 Å². The first kappa shape index (κ1) is 21.4. The number of halogens is 2. The van der Waals surface area contributed by atoms with Gasteiger partial charge in [-0.15, -0.1) is 0 Å². The van der Waals surface area contributed by atoms with Crippen LogP contribution in [0.4, 0.5) is 4.39 Å². The largest absolute Gasteiger partial charge is 0.345 e. The van der Waals surface area contributed by atoms with Crippen LogP contribution in [0, 0.1) is 5.82 Å². The van der Waals surface area contributed by atoms with Crippen LogP contribution in [0.25, 0.3) is 0 Å². The molecule has 2 aromatic carbocycles. The van der Waals surface area contributed by atoms with E-state index < -0.39 is 5.79 Å². The second-order valence-electron chi connectivity index (χ2n) is 7.47. The van der Waals surface area contributed by atoms with Gasteiger partial charge < -0.3 is 14.0 Å². The van der Waals surface area contributed by atoms with E-state index >= 15 is 0 Å². The Balaban J connectivity index is 1.35. The van der Waals surface area contributed by atoms with Crippen LogP contribution in [0.15, 0.2) is 67.3 Å². The van der Waals surface area contributed by atoms with Crippen molar-refractivity contribution in [1.29, 1.82) is 0 Å². The predicted molar refractivity (Wildman–Crippen MR) is 118 cm³/mol. The van der Waals surface area contributed by atoms with Crippen molar-refractivity contribution in [2.24, 2.45) is 0 Å². The highest BCUT2D eigenvalue weighted by Crippen LogP contribution is 2.32. The van der Waals surface area contributed by atoms with E-state index in [2.05, 4.69) is 11.1 Å². The predicted octanol–water partition coefficient (Wildman–Crippen LogP) is 5.35. The Bertz CT molecular complexity index is 939. The van der Waals surface area contributed by atoms with Gasteiger partial charge in [0.25, 0.3) is 0 Å². The summed E-state index contributed by atoms with van der Waals surface area (Å²) in [6.07, 6.45) is 6.89. The highest BCUT2D eigenvalue weighted by atomic mass is 35.5.